The number of piperidine rings is 1. The highest BCUT2D eigenvalue weighted by Gasteiger charge is 2.40. The third kappa shape index (κ3) is 4.31. The van der Waals surface area contributed by atoms with E-state index in [-0.39, 0.29) is 41.6 Å². The van der Waals surface area contributed by atoms with Crippen molar-refractivity contribution < 1.29 is 14.4 Å². The molecule has 2 saturated heterocycles. The lowest BCUT2D eigenvalue weighted by Gasteiger charge is -2.40. The number of hydrogen-bond acceptors (Lipinski definition) is 3. The highest BCUT2D eigenvalue weighted by Crippen LogP contribution is 2.30. The summed E-state index contributed by atoms with van der Waals surface area (Å²) in [4.78, 5) is 40.4. The number of likely N-dealkylation sites (tertiary alicyclic amines) is 2. The Kier molecular flexibility index (Phi) is 5.53. The Hall–Kier alpha value is -2.37. The summed E-state index contributed by atoms with van der Waals surface area (Å²) in [6.45, 7) is 7.39. The SMILES string of the molecule is CC(=O)N1CCC(C)(NC(=O)C2CC(=O)N(C(C)c3ccccc3)C2)CC1. The number of hydrogen-bond donors (Lipinski definition) is 1. The fraction of sp³-hybridized carbons (Fsp3) is 0.571. The van der Waals surface area contributed by atoms with Gasteiger partial charge in [0.05, 0.1) is 12.0 Å². The normalized spacial score (nSPS) is 23.2. The fourth-order valence-corrected chi connectivity index (χ4v) is 4.03. The zero-order valence-electron chi connectivity index (χ0n) is 16.4. The Morgan fingerprint density at radius 2 is 1.81 bits per heavy atom. The molecule has 2 fully saturated rings. The molecule has 1 N–H and O–H groups in total. The monoisotopic (exact) mass is 371 g/mol. The van der Waals surface area contributed by atoms with Crippen LogP contribution in [0.25, 0.3) is 0 Å². The fourth-order valence-electron chi connectivity index (χ4n) is 4.03. The molecule has 2 unspecified atom stereocenters. The molecule has 2 aliphatic heterocycles. The van der Waals surface area contributed by atoms with Crippen LogP contribution in [0.2, 0.25) is 0 Å². The molecule has 1 aromatic carbocycles. The van der Waals surface area contributed by atoms with Gasteiger partial charge < -0.3 is 15.1 Å². The first-order chi connectivity index (χ1) is 12.8. The molecule has 0 saturated carbocycles. The maximum absolute atomic E-state index is 12.8. The molecule has 0 bridgehead atoms. The van der Waals surface area contributed by atoms with Crippen LogP contribution in [-0.4, -0.2) is 52.7 Å². The van der Waals surface area contributed by atoms with E-state index in [2.05, 4.69) is 5.32 Å². The van der Waals surface area contributed by atoms with Crippen molar-refractivity contribution in [1.82, 2.24) is 15.1 Å². The van der Waals surface area contributed by atoms with Crippen molar-refractivity contribution in [2.24, 2.45) is 5.92 Å². The van der Waals surface area contributed by atoms with Gasteiger partial charge in [0.25, 0.3) is 0 Å². The number of benzene rings is 1. The van der Waals surface area contributed by atoms with E-state index >= 15 is 0 Å². The zero-order valence-corrected chi connectivity index (χ0v) is 16.4. The predicted octanol–water partition coefficient (Wildman–Crippen LogP) is 2.11. The lowest BCUT2D eigenvalue weighted by atomic mass is 9.88. The van der Waals surface area contributed by atoms with Crippen molar-refractivity contribution in [2.45, 2.75) is 51.6 Å². The molecule has 6 heteroatoms. The van der Waals surface area contributed by atoms with Gasteiger partial charge in [-0.05, 0) is 32.3 Å². The van der Waals surface area contributed by atoms with Gasteiger partial charge in [0.2, 0.25) is 17.7 Å². The minimum Gasteiger partial charge on any atom is -0.351 e. The summed E-state index contributed by atoms with van der Waals surface area (Å²) in [5.74, 6) is -0.255. The van der Waals surface area contributed by atoms with E-state index in [1.165, 1.54) is 0 Å². The Bertz CT molecular complexity index is 711. The summed E-state index contributed by atoms with van der Waals surface area (Å²) in [7, 11) is 0. The standard InChI is InChI=1S/C21H29N3O3/c1-15(17-7-5-4-6-8-17)24-14-18(13-19(24)26)20(27)22-21(3)9-11-23(12-10-21)16(2)25/h4-8,15,18H,9-14H2,1-3H3,(H,22,27). The molecule has 2 aliphatic rings. The molecule has 146 valence electrons. The Labute approximate surface area is 160 Å². The first kappa shape index (κ1) is 19.4. The third-order valence-electron chi connectivity index (χ3n) is 6.02. The largest absolute Gasteiger partial charge is 0.351 e. The van der Waals surface area contributed by atoms with Gasteiger partial charge in [0.15, 0.2) is 0 Å². The van der Waals surface area contributed by atoms with Crippen LogP contribution >= 0.6 is 0 Å². The molecule has 3 rings (SSSR count). The molecule has 0 aliphatic carbocycles. The molecule has 0 spiro atoms. The molecule has 2 atom stereocenters. The van der Waals surface area contributed by atoms with Crippen molar-refractivity contribution in [3.8, 4) is 0 Å². The summed E-state index contributed by atoms with van der Waals surface area (Å²) in [6, 6.07) is 9.86. The average molecular weight is 371 g/mol. The summed E-state index contributed by atoms with van der Waals surface area (Å²) in [5.41, 5.74) is 0.764. The number of rotatable bonds is 4. The quantitative estimate of drug-likeness (QED) is 0.881. The van der Waals surface area contributed by atoms with Crippen LogP contribution in [0.3, 0.4) is 0 Å². The van der Waals surface area contributed by atoms with E-state index in [9.17, 15) is 14.4 Å². The summed E-state index contributed by atoms with van der Waals surface area (Å²) < 4.78 is 0. The van der Waals surface area contributed by atoms with Crippen molar-refractivity contribution >= 4 is 17.7 Å². The van der Waals surface area contributed by atoms with E-state index in [4.69, 9.17) is 0 Å². The molecule has 6 nitrogen and oxygen atoms in total. The predicted molar refractivity (Wildman–Crippen MR) is 103 cm³/mol. The summed E-state index contributed by atoms with van der Waals surface area (Å²) >= 11 is 0. The van der Waals surface area contributed by atoms with Crippen LogP contribution in [-0.2, 0) is 14.4 Å². The van der Waals surface area contributed by atoms with Crippen LogP contribution in [0.1, 0.15) is 51.6 Å². The minimum atomic E-state index is -0.315. The minimum absolute atomic E-state index is 0.0306. The highest BCUT2D eigenvalue weighted by atomic mass is 16.2. The molecule has 1 aromatic rings. The second kappa shape index (κ2) is 7.71. The molecule has 3 amide bonds. The first-order valence-electron chi connectivity index (χ1n) is 9.71. The number of carbonyl (C=O) groups excluding carboxylic acids is 3. The first-order valence-corrected chi connectivity index (χ1v) is 9.71. The van der Waals surface area contributed by atoms with E-state index < -0.39 is 0 Å². The van der Waals surface area contributed by atoms with Gasteiger partial charge in [-0.2, -0.15) is 0 Å². The van der Waals surface area contributed by atoms with Crippen LogP contribution in [0.5, 0.6) is 0 Å². The van der Waals surface area contributed by atoms with Gasteiger partial charge in [0, 0.05) is 38.5 Å². The van der Waals surface area contributed by atoms with Gasteiger partial charge in [-0.3, -0.25) is 14.4 Å². The smallest absolute Gasteiger partial charge is 0.225 e. The summed E-state index contributed by atoms with van der Waals surface area (Å²) in [5, 5.41) is 3.16. The molecular weight excluding hydrogens is 342 g/mol. The lowest BCUT2D eigenvalue weighted by molar-refractivity contribution is -0.132. The topological polar surface area (TPSA) is 69.7 Å². The maximum atomic E-state index is 12.8. The van der Waals surface area contributed by atoms with Crippen LogP contribution < -0.4 is 5.32 Å². The van der Waals surface area contributed by atoms with Crippen LogP contribution in [0.4, 0.5) is 0 Å². The van der Waals surface area contributed by atoms with E-state index in [1.807, 2.05) is 49.1 Å². The van der Waals surface area contributed by atoms with E-state index in [0.717, 1.165) is 18.4 Å². The number of nitrogens with one attached hydrogen (secondary N) is 1. The van der Waals surface area contributed by atoms with Gasteiger partial charge in [-0.15, -0.1) is 0 Å². The number of amides is 3. The zero-order chi connectivity index (χ0) is 19.6. The van der Waals surface area contributed by atoms with Gasteiger partial charge in [-0.1, -0.05) is 30.3 Å². The highest BCUT2D eigenvalue weighted by molar-refractivity contribution is 5.89. The van der Waals surface area contributed by atoms with Crippen molar-refractivity contribution in [3.63, 3.8) is 0 Å². The van der Waals surface area contributed by atoms with Crippen LogP contribution in [0, 0.1) is 5.92 Å². The van der Waals surface area contributed by atoms with Crippen molar-refractivity contribution in [1.29, 1.82) is 0 Å². The molecule has 0 aromatic heterocycles. The molecule has 27 heavy (non-hydrogen) atoms. The van der Waals surface area contributed by atoms with Crippen molar-refractivity contribution in [2.75, 3.05) is 19.6 Å². The number of carbonyl (C=O) groups is 3. The Morgan fingerprint density at radius 3 is 2.41 bits per heavy atom. The van der Waals surface area contributed by atoms with Crippen LogP contribution in [0.15, 0.2) is 30.3 Å². The summed E-state index contributed by atoms with van der Waals surface area (Å²) in [6.07, 6.45) is 1.74. The lowest BCUT2D eigenvalue weighted by Crippen LogP contribution is -2.55. The molecule has 0 radical (unpaired) electrons. The van der Waals surface area contributed by atoms with Gasteiger partial charge in [-0.25, -0.2) is 0 Å². The molecular formula is C21H29N3O3. The maximum Gasteiger partial charge on any atom is 0.225 e. The van der Waals surface area contributed by atoms with Crippen molar-refractivity contribution in [3.05, 3.63) is 35.9 Å². The Morgan fingerprint density at radius 1 is 1.19 bits per heavy atom. The Balaban J connectivity index is 1.58. The van der Waals surface area contributed by atoms with E-state index in [1.54, 1.807) is 11.8 Å². The molecule has 2 heterocycles. The number of nitrogens with zero attached hydrogens (tertiary/aromatic N) is 2. The second-order valence-corrected chi connectivity index (χ2v) is 8.09. The third-order valence-corrected chi connectivity index (χ3v) is 6.02. The second-order valence-electron chi connectivity index (χ2n) is 8.09. The average Bonchev–Trinajstić information content (AvgIpc) is 3.04. The van der Waals surface area contributed by atoms with Gasteiger partial charge >= 0.3 is 0 Å². The van der Waals surface area contributed by atoms with Gasteiger partial charge in [0.1, 0.15) is 0 Å². The van der Waals surface area contributed by atoms with E-state index in [0.29, 0.717) is 19.6 Å².